The average molecular weight is 535 g/mol. The second kappa shape index (κ2) is 14.3. The van der Waals surface area contributed by atoms with E-state index in [0.29, 0.717) is 41.7 Å². The van der Waals surface area contributed by atoms with Crippen LogP contribution in [-0.4, -0.2) is 66.0 Å². The summed E-state index contributed by atoms with van der Waals surface area (Å²) in [5.41, 5.74) is 7.19. The number of aliphatic hydroxyl groups excluding tert-OH is 2. The lowest BCUT2D eigenvalue weighted by atomic mass is 9.86. The van der Waals surface area contributed by atoms with E-state index in [-0.39, 0.29) is 17.6 Å². The quantitative estimate of drug-likeness (QED) is 0.368. The van der Waals surface area contributed by atoms with Gasteiger partial charge >= 0.3 is 6.09 Å². The number of rotatable bonds is 3. The smallest absolute Gasteiger partial charge is 0.405 e. The fourth-order valence-electron chi connectivity index (χ4n) is 4.79. The average Bonchev–Trinajstić information content (AvgIpc) is 2.86. The summed E-state index contributed by atoms with van der Waals surface area (Å²) in [5, 5.41) is 35.1. The van der Waals surface area contributed by atoms with Gasteiger partial charge in [-0.25, -0.2) is 4.79 Å². The lowest BCUT2D eigenvalue weighted by molar-refractivity contribution is -0.112. The van der Waals surface area contributed by atoms with E-state index in [9.17, 15) is 24.9 Å². The molecule has 0 fully saturated rings. The van der Waals surface area contributed by atoms with Crippen molar-refractivity contribution >= 4 is 17.7 Å². The highest BCUT2D eigenvalue weighted by molar-refractivity contribution is 6.03. The van der Waals surface area contributed by atoms with Gasteiger partial charge in [0.1, 0.15) is 5.75 Å². The lowest BCUT2D eigenvalue weighted by Crippen LogP contribution is -2.38. The van der Waals surface area contributed by atoms with Gasteiger partial charge in [-0.2, -0.15) is 0 Å². The molecule has 2 bridgehead atoms. The Morgan fingerprint density at radius 1 is 1.08 bits per heavy atom. The maximum Gasteiger partial charge on any atom is 0.405 e. The van der Waals surface area contributed by atoms with Crippen LogP contribution in [0, 0.1) is 11.8 Å². The Labute approximate surface area is 224 Å². The number of methoxy groups -OCH3 is 2. The number of nitrogens with one attached hydrogen (secondary N) is 1. The number of carbonyl (C=O) groups is 2. The van der Waals surface area contributed by atoms with Crippen molar-refractivity contribution < 1.29 is 39.1 Å². The van der Waals surface area contributed by atoms with E-state index in [1.165, 1.54) is 26.4 Å². The third-order valence-corrected chi connectivity index (χ3v) is 7.02. The summed E-state index contributed by atoms with van der Waals surface area (Å²) < 4.78 is 16.6. The number of anilines is 1. The van der Waals surface area contributed by atoms with Gasteiger partial charge in [-0.3, -0.25) is 4.79 Å². The van der Waals surface area contributed by atoms with E-state index in [2.05, 4.69) is 5.32 Å². The van der Waals surface area contributed by atoms with Gasteiger partial charge < -0.3 is 40.6 Å². The minimum absolute atomic E-state index is 0.0995. The number of allylic oxidation sites excluding steroid dienone is 1. The number of benzene rings is 1. The highest BCUT2D eigenvalue weighted by atomic mass is 16.6. The van der Waals surface area contributed by atoms with Crippen molar-refractivity contribution in [2.45, 2.75) is 77.5 Å². The summed E-state index contributed by atoms with van der Waals surface area (Å²) in [7, 11) is 2.99. The van der Waals surface area contributed by atoms with Crippen LogP contribution in [0.3, 0.4) is 0 Å². The van der Waals surface area contributed by atoms with Gasteiger partial charge in [0.05, 0.1) is 24.4 Å². The molecule has 7 unspecified atom stereocenters. The normalized spacial score (nSPS) is 30.1. The first-order valence-electron chi connectivity index (χ1n) is 12.8. The number of aromatic hydroxyl groups is 1. The van der Waals surface area contributed by atoms with Gasteiger partial charge in [-0.1, -0.05) is 26.0 Å². The number of primary amides is 1. The van der Waals surface area contributed by atoms with E-state index in [1.54, 1.807) is 32.1 Å². The molecule has 1 aliphatic rings. The molecular formula is C28H42N2O8. The zero-order valence-electron chi connectivity index (χ0n) is 23.0. The summed E-state index contributed by atoms with van der Waals surface area (Å²) in [6, 6.07) is 4.46. The zero-order valence-corrected chi connectivity index (χ0v) is 23.0. The molecule has 0 radical (unpaired) electrons. The van der Waals surface area contributed by atoms with Crippen molar-refractivity contribution in [2.24, 2.45) is 17.6 Å². The van der Waals surface area contributed by atoms with Crippen molar-refractivity contribution in [3.8, 4) is 5.75 Å². The number of fused-ring (bicyclic) bond motifs is 2. The molecule has 6 N–H and O–H groups in total. The predicted molar refractivity (Wildman–Crippen MR) is 143 cm³/mol. The van der Waals surface area contributed by atoms with Crippen LogP contribution in [0.25, 0.3) is 0 Å². The van der Waals surface area contributed by atoms with Crippen molar-refractivity contribution in [1.29, 1.82) is 0 Å². The van der Waals surface area contributed by atoms with Crippen LogP contribution >= 0.6 is 0 Å². The monoisotopic (exact) mass is 534 g/mol. The Hall–Kier alpha value is -2.92. The number of phenols is 1. The predicted octanol–water partition coefficient (Wildman–Crippen LogP) is 3.57. The van der Waals surface area contributed by atoms with Crippen molar-refractivity contribution in [3.05, 3.63) is 47.1 Å². The Kier molecular flexibility index (Phi) is 11.8. The van der Waals surface area contributed by atoms with E-state index in [0.717, 1.165) is 0 Å². The molecule has 2 rings (SSSR count). The minimum Gasteiger partial charge on any atom is -0.508 e. The molecule has 0 saturated heterocycles. The summed E-state index contributed by atoms with van der Waals surface area (Å²) in [6.07, 6.45) is -0.177. The van der Waals surface area contributed by atoms with Gasteiger partial charge in [0.25, 0.3) is 5.91 Å². The number of phenolic OH excluding ortho intramolecular Hbond substituents is 1. The summed E-state index contributed by atoms with van der Waals surface area (Å²) in [6.45, 7) is 7.06. The molecule has 7 atom stereocenters. The molecular weight excluding hydrogens is 492 g/mol. The molecule has 212 valence electrons. The molecule has 0 aliphatic carbocycles. The number of nitrogens with two attached hydrogens (primary N) is 1. The zero-order chi connectivity index (χ0) is 28.6. The molecule has 1 aromatic carbocycles. The summed E-state index contributed by atoms with van der Waals surface area (Å²) in [5.74, 6) is -1.24. The molecule has 2 amide bonds. The van der Waals surface area contributed by atoms with E-state index >= 15 is 0 Å². The topological polar surface area (TPSA) is 161 Å². The fraction of sp³-hybridized carbons (Fsp3) is 0.571. The Morgan fingerprint density at radius 2 is 1.74 bits per heavy atom. The number of hydrogen-bond acceptors (Lipinski definition) is 8. The third kappa shape index (κ3) is 8.56. The number of hydrogen-bond donors (Lipinski definition) is 5. The largest absolute Gasteiger partial charge is 0.508 e. The SMILES string of the molecule is COC1CCC=C(C)C(=O)Nc2cc(O)cc(c2)C(O)C(C)CC(OC)C(O)C(C)C=C(C)C1OC(N)=O. The van der Waals surface area contributed by atoms with Crippen molar-refractivity contribution in [3.63, 3.8) is 0 Å². The molecule has 0 spiro atoms. The molecule has 1 aromatic rings. The molecule has 10 heteroatoms. The van der Waals surface area contributed by atoms with Gasteiger partial charge in [0, 0.05) is 37.5 Å². The van der Waals surface area contributed by atoms with Crippen LogP contribution in [0.15, 0.2) is 41.5 Å². The molecule has 1 heterocycles. The Bertz CT molecular complexity index is 1020. The van der Waals surface area contributed by atoms with Crippen molar-refractivity contribution in [2.75, 3.05) is 19.5 Å². The lowest BCUT2D eigenvalue weighted by Gasteiger charge is -2.31. The third-order valence-electron chi connectivity index (χ3n) is 7.02. The molecule has 38 heavy (non-hydrogen) atoms. The maximum absolute atomic E-state index is 12.8. The van der Waals surface area contributed by atoms with Gasteiger partial charge in [0.15, 0.2) is 6.10 Å². The van der Waals surface area contributed by atoms with Crippen molar-refractivity contribution in [1.82, 2.24) is 0 Å². The van der Waals surface area contributed by atoms with Crippen LogP contribution < -0.4 is 11.1 Å². The second-order valence-corrected chi connectivity index (χ2v) is 10.1. The van der Waals surface area contributed by atoms with Gasteiger partial charge in [-0.05, 0) is 62.3 Å². The second-order valence-electron chi connectivity index (χ2n) is 10.1. The Morgan fingerprint density at radius 3 is 2.34 bits per heavy atom. The van der Waals surface area contributed by atoms with Gasteiger partial charge in [-0.15, -0.1) is 0 Å². The summed E-state index contributed by atoms with van der Waals surface area (Å²) in [4.78, 5) is 24.5. The number of ether oxygens (including phenoxy) is 3. The fourth-order valence-corrected chi connectivity index (χ4v) is 4.79. The number of carbonyl (C=O) groups excluding carboxylic acids is 2. The van der Waals surface area contributed by atoms with Crippen LogP contribution in [0.5, 0.6) is 5.75 Å². The highest BCUT2D eigenvalue weighted by Crippen LogP contribution is 2.33. The Balaban J connectivity index is 2.52. The van der Waals surface area contributed by atoms with E-state index in [4.69, 9.17) is 19.9 Å². The van der Waals surface area contributed by atoms with Crippen LogP contribution in [0.1, 0.15) is 58.6 Å². The van der Waals surface area contributed by atoms with Crippen LogP contribution in [0.4, 0.5) is 10.5 Å². The molecule has 10 nitrogen and oxygen atoms in total. The van der Waals surface area contributed by atoms with Crippen LogP contribution in [-0.2, 0) is 19.0 Å². The first-order chi connectivity index (χ1) is 17.9. The van der Waals surface area contributed by atoms with E-state index < -0.39 is 42.5 Å². The van der Waals surface area contributed by atoms with Gasteiger partial charge in [0.2, 0.25) is 0 Å². The van der Waals surface area contributed by atoms with E-state index in [1.807, 2.05) is 13.8 Å². The first kappa shape index (κ1) is 31.3. The molecule has 0 saturated carbocycles. The number of aliphatic hydroxyl groups is 2. The molecule has 1 aliphatic heterocycles. The molecule has 0 aromatic heterocycles. The first-order valence-corrected chi connectivity index (χ1v) is 12.8. The minimum atomic E-state index is -0.996. The standard InChI is InChI=1S/C28H42N2O8/c1-15-8-7-9-22(36-5)26(38-28(29)35)18(4)10-16(2)25(33)23(37-6)11-17(3)24(32)19-12-20(30-27(15)34)14-21(31)13-19/h8,10,12-14,16-17,22-26,31-33H,7,9,11H2,1-6H3,(H2,29,35)(H,30,34). The highest BCUT2D eigenvalue weighted by Gasteiger charge is 2.31. The number of amides is 2. The van der Waals surface area contributed by atoms with Crippen LogP contribution in [0.2, 0.25) is 0 Å². The maximum atomic E-state index is 12.8. The summed E-state index contributed by atoms with van der Waals surface area (Å²) >= 11 is 0.